The van der Waals surface area contributed by atoms with Gasteiger partial charge in [0.15, 0.2) is 0 Å². The van der Waals surface area contributed by atoms with Gasteiger partial charge in [0.05, 0.1) is 0 Å². The molecule has 0 spiro atoms. The van der Waals surface area contributed by atoms with Gasteiger partial charge in [-0.25, -0.2) is 0 Å². The van der Waals surface area contributed by atoms with Crippen molar-refractivity contribution in [1.82, 2.24) is 4.90 Å². The third-order valence-electron chi connectivity index (χ3n) is 5.34. The van der Waals surface area contributed by atoms with E-state index in [1.54, 1.807) is 0 Å². The average molecular weight is 252 g/mol. The normalized spacial score (nSPS) is 35.7. The Morgan fingerprint density at radius 3 is 2.39 bits per heavy atom. The molecule has 1 aliphatic heterocycles. The van der Waals surface area contributed by atoms with Gasteiger partial charge >= 0.3 is 0 Å². The average Bonchev–Trinajstić information content (AvgIpc) is 2.68. The molecule has 3 atom stereocenters. The van der Waals surface area contributed by atoms with Gasteiger partial charge < -0.3 is 5.73 Å². The number of likely N-dealkylation sites (tertiary alicyclic amines) is 1. The third kappa shape index (κ3) is 3.27. The maximum absolute atomic E-state index is 6.02. The Morgan fingerprint density at radius 1 is 1.06 bits per heavy atom. The van der Waals surface area contributed by atoms with Gasteiger partial charge in [-0.1, -0.05) is 40.0 Å². The summed E-state index contributed by atoms with van der Waals surface area (Å²) in [4.78, 5) is 2.78. The molecule has 0 bridgehead atoms. The zero-order valence-corrected chi connectivity index (χ0v) is 12.6. The van der Waals surface area contributed by atoms with Gasteiger partial charge in [-0.2, -0.15) is 0 Å². The van der Waals surface area contributed by atoms with Crippen LogP contribution in [0.15, 0.2) is 0 Å². The number of hydrogen-bond acceptors (Lipinski definition) is 2. The first-order valence-corrected chi connectivity index (χ1v) is 7.96. The standard InChI is InChI=1S/C16H32N2/c1-16(2,3)14-9-10-18(12-14)15-8-6-4-5-7-13(15)11-17/h13-15H,4-12,17H2,1-3H3. The van der Waals surface area contributed by atoms with Crippen molar-refractivity contribution in [3.63, 3.8) is 0 Å². The van der Waals surface area contributed by atoms with Gasteiger partial charge in [0.25, 0.3) is 0 Å². The van der Waals surface area contributed by atoms with E-state index in [1.807, 2.05) is 0 Å². The molecule has 2 fully saturated rings. The zero-order chi connectivity index (χ0) is 13.2. The fourth-order valence-electron chi connectivity index (χ4n) is 3.92. The van der Waals surface area contributed by atoms with E-state index in [0.717, 1.165) is 24.4 Å². The van der Waals surface area contributed by atoms with Crippen LogP contribution in [0.3, 0.4) is 0 Å². The molecule has 1 aliphatic carbocycles. The number of nitrogens with zero attached hydrogens (tertiary/aromatic N) is 1. The van der Waals surface area contributed by atoms with Gasteiger partial charge in [0.2, 0.25) is 0 Å². The lowest BCUT2D eigenvalue weighted by Gasteiger charge is -2.34. The Kier molecular flexibility index (Phi) is 4.71. The highest BCUT2D eigenvalue weighted by Crippen LogP contribution is 2.37. The molecule has 0 radical (unpaired) electrons. The van der Waals surface area contributed by atoms with Gasteiger partial charge in [0, 0.05) is 12.6 Å². The minimum Gasteiger partial charge on any atom is -0.330 e. The largest absolute Gasteiger partial charge is 0.330 e. The topological polar surface area (TPSA) is 29.3 Å². The Bertz CT molecular complexity index is 256. The van der Waals surface area contributed by atoms with Crippen molar-refractivity contribution < 1.29 is 0 Å². The summed E-state index contributed by atoms with van der Waals surface area (Å²) in [5, 5.41) is 0. The summed E-state index contributed by atoms with van der Waals surface area (Å²) in [7, 11) is 0. The second-order valence-corrected chi connectivity index (χ2v) is 7.55. The molecular weight excluding hydrogens is 220 g/mol. The SMILES string of the molecule is CC(C)(C)C1CCN(C2CCCCCC2CN)C1. The maximum atomic E-state index is 6.02. The molecular formula is C16H32N2. The summed E-state index contributed by atoms with van der Waals surface area (Å²) in [5.41, 5.74) is 6.49. The van der Waals surface area contributed by atoms with Crippen LogP contribution < -0.4 is 5.73 Å². The Morgan fingerprint density at radius 2 is 1.78 bits per heavy atom. The first-order chi connectivity index (χ1) is 8.52. The Hall–Kier alpha value is -0.0800. The van der Waals surface area contributed by atoms with E-state index in [4.69, 9.17) is 5.73 Å². The molecule has 0 aromatic rings. The highest BCUT2D eigenvalue weighted by atomic mass is 15.2. The van der Waals surface area contributed by atoms with Gasteiger partial charge in [-0.3, -0.25) is 4.90 Å². The van der Waals surface area contributed by atoms with Crippen molar-refractivity contribution in [2.75, 3.05) is 19.6 Å². The number of nitrogens with two attached hydrogens (primary N) is 1. The highest BCUT2D eigenvalue weighted by molar-refractivity contribution is 4.90. The molecule has 1 saturated carbocycles. The van der Waals surface area contributed by atoms with Crippen LogP contribution in [-0.4, -0.2) is 30.6 Å². The monoisotopic (exact) mass is 252 g/mol. The van der Waals surface area contributed by atoms with Gasteiger partial charge in [-0.05, 0) is 49.6 Å². The predicted molar refractivity (Wildman–Crippen MR) is 78.6 cm³/mol. The van der Waals surface area contributed by atoms with Crippen molar-refractivity contribution in [2.24, 2.45) is 23.0 Å². The highest BCUT2D eigenvalue weighted by Gasteiger charge is 2.37. The predicted octanol–water partition coefficient (Wildman–Crippen LogP) is 3.26. The van der Waals surface area contributed by atoms with Crippen LogP contribution in [0.2, 0.25) is 0 Å². The number of hydrogen-bond donors (Lipinski definition) is 1. The molecule has 2 rings (SSSR count). The van der Waals surface area contributed by atoms with Crippen LogP contribution in [0.4, 0.5) is 0 Å². The van der Waals surface area contributed by atoms with Crippen LogP contribution >= 0.6 is 0 Å². The van der Waals surface area contributed by atoms with Crippen molar-refractivity contribution in [2.45, 2.75) is 65.3 Å². The molecule has 3 unspecified atom stereocenters. The lowest BCUT2D eigenvalue weighted by atomic mass is 9.80. The van der Waals surface area contributed by atoms with Gasteiger partial charge in [-0.15, -0.1) is 0 Å². The van der Waals surface area contributed by atoms with Crippen molar-refractivity contribution in [3.8, 4) is 0 Å². The lowest BCUT2D eigenvalue weighted by molar-refractivity contribution is 0.145. The van der Waals surface area contributed by atoms with E-state index in [2.05, 4.69) is 25.7 Å². The van der Waals surface area contributed by atoms with Crippen molar-refractivity contribution >= 4 is 0 Å². The second-order valence-electron chi connectivity index (χ2n) is 7.55. The van der Waals surface area contributed by atoms with E-state index in [0.29, 0.717) is 5.41 Å². The van der Waals surface area contributed by atoms with Crippen LogP contribution in [0.5, 0.6) is 0 Å². The van der Waals surface area contributed by atoms with Crippen LogP contribution in [0.1, 0.15) is 59.3 Å². The summed E-state index contributed by atoms with van der Waals surface area (Å²) >= 11 is 0. The summed E-state index contributed by atoms with van der Waals surface area (Å²) in [6.45, 7) is 10.7. The zero-order valence-electron chi connectivity index (χ0n) is 12.6. The smallest absolute Gasteiger partial charge is 0.0136 e. The summed E-state index contributed by atoms with van der Waals surface area (Å²) in [6.07, 6.45) is 8.37. The molecule has 2 heteroatoms. The quantitative estimate of drug-likeness (QED) is 0.764. The molecule has 2 N–H and O–H groups in total. The minimum atomic E-state index is 0.470. The molecule has 18 heavy (non-hydrogen) atoms. The first kappa shape index (κ1) is 14.3. The Labute approximate surface area is 113 Å². The van der Waals surface area contributed by atoms with Crippen molar-refractivity contribution in [3.05, 3.63) is 0 Å². The lowest BCUT2D eigenvalue weighted by Crippen LogP contribution is -2.42. The fourth-order valence-corrected chi connectivity index (χ4v) is 3.92. The third-order valence-corrected chi connectivity index (χ3v) is 5.34. The molecule has 2 nitrogen and oxygen atoms in total. The minimum absolute atomic E-state index is 0.470. The molecule has 2 aliphatic rings. The van der Waals surface area contributed by atoms with Crippen molar-refractivity contribution in [1.29, 1.82) is 0 Å². The molecule has 106 valence electrons. The maximum Gasteiger partial charge on any atom is 0.0136 e. The van der Waals surface area contributed by atoms with E-state index >= 15 is 0 Å². The second kappa shape index (κ2) is 5.92. The summed E-state index contributed by atoms with van der Waals surface area (Å²) in [5.74, 6) is 1.63. The van der Waals surface area contributed by atoms with Crippen LogP contribution in [-0.2, 0) is 0 Å². The van der Waals surface area contributed by atoms with Crippen LogP contribution in [0, 0.1) is 17.3 Å². The van der Waals surface area contributed by atoms with Crippen LogP contribution in [0.25, 0.3) is 0 Å². The molecule has 0 amide bonds. The first-order valence-electron chi connectivity index (χ1n) is 7.96. The summed E-state index contributed by atoms with van der Waals surface area (Å²) in [6, 6.07) is 0.782. The fraction of sp³-hybridized carbons (Fsp3) is 1.00. The van der Waals surface area contributed by atoms with E-state index in [9.17, 15) is 0 Å². The van der Waals surface area contributed by atoms with Gasteiger partial charge in [0.1, 0.15) is 0 Å². The van der Waals surface area contributed by atoms with E-state index < -0.39 is 0 Å². The Balaban J connectivity index is 1.98. The molecule has 0 aromatic heterocycles. The molecule has 0 aromatic carbocycles. The van der Waals surface area contributed by atoms with E-state index in [1.165, 1.54) is 51.6 Å². The summed E-state index contributed by atoms with van der Waals surface area (Å²) < 4.78 is 0. The number of rotatable bonds is 2. The molecule has 1 saturated heterocycles. The van der Waals surface area contributed by atoms with E-state index in [-0.39, 0.29) is 0 Å². The molecule has 1 heterocycles.